The Balaban J connectivity index is 6.54. The molecule has 1 N–H and O–H groups in total. The van der Waals surface area contributed by atoms with E-state index >= 15 is 0 Å². The van der Waals surface area contributed by atoms with Gasteiger partial charge in [0, 0.05) is 6.08 Å². The molecule has 0 amide bonds. The molecule has 0 saturated carbocycles. The third-order valence-corrected chi connectivity index (χ3v) is 2.84. The highest BCUT2D eigenvalue weighted by molar-refractivity contribution is 5.81. The summed E-state index contributed by atoms with van der Waals surface area (Å²) in [4.78, 5) is 10.7. The van der Waals surface area contributed by atoms with Crippen molar-refractivity contribution in [2.75, 3.05) is 0 Å². The van der Waals surface area contributed by atoms with E-state index in [4.69, 9.17) is 5.11 Å². The van der Waals surface area contributed by atoms with E-state index in [0.717, 1.165) is 0 Å². The Morgan fingerprint density at radius 2 is 1.43 bits per heavy atom. The fraction of sp³-hybridized carbons (Fsp3) is 0.700. The lowest BCUT2D eigenvalue weighted by molar-refractivity contribution is -0.424. The van der Waals surface area contributed by atoms with E-state index in [-0.39, 0.29) is 6.08 Å². The van der Waals surface area contributed by atoms with Gasteiger partial charge in [0.15, 0.2) is 0 Å². The largest absolute Gasteiger partial charge is 0.440 e. The van der Waals surface area contributed by atoms with Gasteiger partial charge >= 0.3 is 24.2 Å². The lowest BCUT2D eigenvalue weighted by Crippen LogP contribution is -2.75. The average molecular weight is 366 g/mol. The topological polar surface area (TPSA) is 46.5 Å². The van der Waals surface area contributed by atoms with Crippen LogP contribution in [0.3, 0.4) is 0 Å². The third kappa shape index (κ3) is 3.10. The Labute approximate surface area is 121 Å². The maximum Gasteiger partial charge on any atom is 0.434 e. The van der Waals surface area contributed by atoms with Gasteiger partial charge in [-0.15, -0.1) is 0 Å². The molecule has 2 unspecified atom stereocenters. The molecule has 136 valence electrons. The van der Waals surface area contributed by atoms with Crippen LogP contribution in [-0.4, -0.2) is 47.0 Å². The van der Waals surface area contributed by atoms with Gasteiger partial charge in [0.25, 0.3) is 17.6 Å². The quantitative estimate of drug-likeness (QED) is 0.462. The molecule has 0 aromatic heterocycles. The summed E-state index contributed by atoms with van der Waals surface area (Å²) < 4.78 is 131. The smallest absolute Gasteiger partial charge is 0.434 e. The summed E-state index contributed by atoms with van der Waals surface area (Å²) in [6.45, 7) is 1.75. The van der Waals surface area contributed by atoms with Gasteiger partial charge in [-0.3, -0.25) is 0 Å². The van der Waals surface area contributed by atoms with Gasteiger partial charge in [-0.05, 0) is 6.92 Å². The first-order valence-electron chi connectivity index (χ1n) is 5.27. The highest BCUT2D eigenvalue weighted by Crippen LogP contribution is 2.56. The van der Waals surface area contributed by atoms with Crippen LogP contribution in [0.1, 0.15) is 6.92 Å². The second kappa shape index (κ2) is 5.83. The van der Waals surface area contributed by atoms with Crippen LogP contribution in [0.15, 0.2) is 12.7 Å². The summed E-state index contributed by atoms with van der Waals surface area (Å²) in [5.41, 5.74) is -11.9. The molecule has 0 aliphatic rings. The predicted octanol–water partition coefficient (Wildman–Crippen LogP) is 3.23. The minimum absolute atomic E-state index is 0.116. The van der Waals surface area contributed by atoms with E-state index in [9.17, 15) is 48.7 Å². The summed E-state index contributed by atoms with van der Waals surface area (Å²) in [5.74, 6) is -8.98. The van der Waals surface area contributed by atoms with Crippen molar-refractivity contribution in [3.8, 4) is 0 Å². The Morgan fingerprint density at radius 1 is 1.04 bits per heavy atom. The van der Waals surface area contributed by atoms with Crippen LogP contribution in [-0.2, 0) is 9.53 Å². The number of rotatable bonds is 5. The van der Waals surface area contributed by atoms with Gasteiger partial charge in [0.05, 0.1) is 0 Å². The second-order valence-electron chi connectivity index (χ2n) is 4.30. The standard InChI is InChI=1S/C10H8F10O3/c1-3-4(21)23-6(2,9(15,16)17)8(13,14)7(22,5(11)12)10(18,19)20/h3,5,22H,1H2,2H3. The van der Waals surface area contributed by atoms with Crippen molar-refractivity contribution in [1.29, 1.82) is 0 Å². The molecule has 0 aromatic rings. The molecular formula is C10H8F10O3. The molecular weight excluding hydrogens is 358 g/mol. The molecule has 0 saturated heterocycles. The number of carbonyl (C=O) groups excluding carboxylic acids is 1. The van der Waals surface area contributed by atoms with Crippen LogP contribution in [0.5, 0.6) is 0 Å². The molecule has 13 heteroatoms. The minimum Gasteiger partial charge on any atom is -0.440 e. The second-order valence-corrected chi connectivity index (χ2v) is 4.30. The van der Waals surface area contributed by atoms with Gasteiger partial charge in [-0.25, -0.2) is 13.6 Å². The monoisotopic (exact) mass is 366 g/mol. The molecule has 0 aliphatic carbocycles. The summed E-state index contributed by atoms with van der Waals surface area (Å²) in [5, 5.41) is 8.70. The van der Waals surface area contributed by atoms with Crippen molar-refractivity contribution >= 4 is 5.97 Å². The fourth-order valence-corrected chi connectivity index (χ4v) is 1.35. The average Bonchev–Trinajstić information content (AvgIpc) is 2.33. The predicted molar refractivity (Wildman–Crippen MR) is 52.7 cm³/mol. The Hall–Kier alpha value is -1.53. The van der Waals surface area contributed by atoms with Crippen LogP contribution >= 0.6 is 0 Å². The molecule has 0 bridgehead atoms. The van der Waals surface area contributed by atoms with Crippen molar-refractivity contribution in [3.05, 3.63) is 12.7 Å². The molecule has 3 nitrogen and oxygen atoms in total. The molecule has 2 atom stereocenters. The minimum atomic E-state index is -6.89. The number of aliphatic hydroxyl groups is 1. The zero-order chi connectivity index (χ0) is 19.1. The highest BCUT2D eigenvalue weighted by atomic mass is 19.4. The van der Waals surface area contributed by atoms with Crippen molar-refractivity contribution in [3.63, 3.8) is 0 Å². The van der Waals surface area contributed by atoms with E-state index in [0.29, 0.717) is 0 Å². The van der Waals surface area contributed by atoms with Gasteiger partial charge in [-0.1, -0.05) is 6.58 Å². The number of alkyl halides is 10. The van der Waals surface area contributed by atoms with Gasteiger partial charge in [0.1, 0.15) is 0 Å². The van der Waals surface area contributed by atoms with E-state index in [1.54, 1.807) is 0 Å². The number of halogens is 10. The van der Waals surface area contributed by atoms with E-state index in [1.807, 2.05) is 0 Å². The fourth-order valence-electron chi connectivity index (χ4n) is 1.35. The molecule has 0 spiro atoms. The summed E-state index contributed by atoms with van der Waals surface area (Å²) in [6.07, 6.45) is -18.8. The number of hydrogen-bond donors (Lipinski definition) is 1. The van der Waals surface area contributed by atoms with Gasteiger partial charge in [0.2, 0.25) is 0 Å². The third-order valence-electron chi connectivity index (χ3n) is 2.84. The number of hydrogen-bond acceptors (Lipinski definition) is 3. The van der Waals surface area contributed by atoms with Crippen LogP contribution in [0.4, 0.5) is 43.9 Å². The number of carbonyl (C=O) groups is 1. The number of esters is 1. The van der Waals surface area contributed by atoms with Crippen molar-refractivity contribution in [2.24, 2.45) is 0 Å². The Morgan fingerprint density at radius 3 is 1.65 bits per heavy atom. The lowest BCUT2D eigenvalue weighted by Gasteiger charge is -2.45. The molecule has 0 fully saturated rings. The Bertz CT molecular complexity index is 468. The van der Waals surface area contributed by atoms with E-state index in [2.05, 4.69) is 11.3 Å². The van der Waals surface area contributed by atoms with Crippen LogP contribution in [0.2, 0.25) is 0 Å². The van der Waals surface area contributed by atoms with Gasteiger partial charge in [-0.2, -0.15) is 35.1 Å². The first-order valence-corrected chi connectivity index (χ1v) is 5.27. The van der Waals surface area contributed by atoms with E-state index in [1.165, 1.54) is 0 Å². The SMILES string of the molecule is C=CC(=O)OC(C)(C(F)(F)F)C(F)(F)C(O)(C(F)F)C(F)(F)F. The number of ether oxygens (including phenoxy) is 1. The zero-order valence-corrected chi connectivity index (χ0v) is 10.9. The lowest BCUT2D eigenvalue weighted by atomic mass is 9.82. The highest BCUT2D eigenvalue weighted by Gasteiger charge is 2.86. The van der Waals surface area contributed by atoms with Crippen molar-refractivity contribution < 1.29 is 58.5 Å². The summed E-state index contributed by atoms with van der Waals surface area (Å²) in [7, 11) is 0. The summed E-state index contributed by atoms with van der Waals surface area (Å²) in [6, 6.07) is 0. The summed E-state index contributed by atoms with van der Waals surface area (Å²) >= 11 is 0. The first kappa shape index (κ1) is 21.5. The van der Waals surface area contributed by atoms with E-state index < -0.39 is 48.8 Å². The normalized spacial score (nSPS) is 19.0. The molecule has 0 radical (unpaired) electrons. The maximum absolute atomic E-state index is 13.8. The first-order chi connectivity index (χ1) is 9.90. The van der Waals surface area contributed by atoms with Crippen molar-refractivity contribution in [1.82, 2.24) is 0 Å². The van der Waals surface area contributed by atoms with Crippen LogP contribution < -0.4 is 0 Å². The zero-order valence-electron chi connectivity index (χ0n) is 10.9. The molecule has 0 heterocycles. The molecule has 0 rings (SSSR count). The molecule has 0 aliphatic heterocycles. The van der Waals surface area contributed by atoms with Gasteiger partial charge < -0.3 is 9.84 Å². The Kier molecular flexibility index (Phi) is 5.45. The maximum atomic E-state index is 13.8. The van der Waals surface area contributed by atoms with Crippen LogP contribution in [0, 0.1) is 0 Å². The molecule has 23 heavy (non-hydrogen) atoms. The molecule has 0 aromatic carbocycles. The van der Waals surface area contributed by atoms with Crippen molar-refractivity contribution in [2.45, 2.75) is 42.8 Å². The van der Waals surface area contributed by atoms with Crippen LogP contribution in [0.25, 0.3) is 0 Å².